The molecule has 1 atom stereocenters. The molecule has 0 heterocycles. The van der Waals surface area contributed by atoms with Crippen LogP contribution in [0.1, 0.15) is 26.3 Å². The Morgan fingerprint density at radius 1 is 1.04 bits per heavy atom. The molecule has 28 heavy (non-hydrogen) atoms. The van der Waals surface area contributed by atoms with Crippen LogP contribution in [-0.4, -0.2) is 52.2 Å². The monoisotopic (exact) mass is 385 g/mol. The van der Waals surface area contributed by atoms with Gasteiger partial charge in [0, 0.05) is 22.9 Å². The van der Waals surface area contributed by atoms with E-state index in [1.54, 1.807) is 36.4 Å². The highest BCUT2D eigenvalue weighted by Crippen LogP contribution is 2.22. The number of rotatable bonds is 4. The van der Waals surface area contributed by atoms with Gasteiger partial charge in [0.25, 0.3) is 0 Å². The Morgan fingerprint density at radius 2 is 1.64 bits per heavy atom. The van der Waals surface area contributed by atoms with Crippen molar-refractivity contribution < 1.29 is 34.4 Å². The van der Waals surface area contributed by atoms with Gasteiger partial charge in [-0.25, -0.2) is 4.79 Å². The van der Waals surface area contributed by atoms with Crippen molar-refractivity contribution in [3.63, 3.8) is 0 Å². The fourth-order valence-corrected chi connectivity index (χ4v) is 2.29. The predicted octanol–water partition coefficient (Wildman–Crippen LogP) is 1.13. The fourth-order valence-electron chi connectivity index (χ4n) is 2.29. The van der Waals surface area contributed by atoms with Crippen molar-refractivity contribution in [1.29, 1.82) is 0 Å². The first kappa shape index (κ1) is 20.8. The Kier molecular flexibility index (Phi) is 7.02. The number of benzene rings is 2. The molecule has 0 aliphatic heterocycles. The minimum absolute atomic E-state index is 0.139. The maximum absolute atomic E-state index is 11.4. The van der Waals surface area contributed by atoms with Crippen LogP contribution < -0.4 is 5.73 Å². The Labute approximate surface area is 160 Å². The Bertz CT molecular complexity index is 920. The van der Waals surface area contributed by atoms with Crippen molar-refractivity contribution in [2.45, 2.75) is 6.10 Å². The van der Waals surface area contributed by atoms with E-state index in [0.29, 0.717) is 11.3 Å². The van der Waals surface area contributed by atoms with E-state index in [9.17, 15) is 19.5 Å². The molecule has 2 aromatic carbocycles. The molecule has 8 heteroatoms. The van der Waals surface area contributed by atoms with Crippen molar-refractivity contribution in [3.8, 4) is 0 Å². The number of fused-ring (bicyclic) bond motifs is 1. The fraction of sp³-hybridized carbons (Fsp3) is 0.150. The summed E-state index contributed by atoms with van der Waals surface area (Å²) in [5, 5.41) is 26.8. The normalized spacial score (nSPS) is 13.6. The molecule has 2 aromatic rings. The highest BCUT2D eigenvalue weighted by Gasteiger charge is 2.24. The number of nitrogen functional groups attached to an aromatic ring is 1. The minimum atomic E-state index is -1.06. The second-order valence-corrected chi connectivity index (χ2v) is 5.79. The molecule has 1 aliphatic carbocycles. The maximum atomic E-state index is 11.4. The summed E-state index contributed by atoms with van der Waals surface area (Å²) in [7, 11) is 0. The van der Waals surface area contributed by atoms with Gasteiger partial charge in [0.2, 0.25) is 11.6 Å². The molecular formula is C20H19NO7. The number of anilines is 1. The quantitative estimate of drug-likeness (QED) is 0.348. The molecule has 1 unspecified atom stereocenters. The number of aliphatic hydroxyl groups is 3. The Balaban J connectivity index is 0.000000202. The second-order valence-electron chi connectivity index (χ2n) is 5.79. The molecule has 0 spiro atoms. The molecule has 0 aromatic heterocycles. The summed E-state index contributed by atoms with van der Waals surface area (Å²) in [5.74, 6) is -1.98. The van der Waals surface area contributed by atoms with E-state index in [0.717, 1.165) is 6.08 Å². The third kappa shape index (κ3) is 5.03. The van der Waals surface area contributed by atoms with Gasteiger partial charge in [-0.2, -0.15) is 0 Å². The lowest BCUT2D eigenvalue weighted by Gasteiger charge is -2.10. The van der Waals surface area contributed by atoms with E-state index in [1.165, 1.54) is 12.1 Å². The zero-order chi connectivity index (χ0) is 20.7. The maximum Gasteiger partial charge on any atom is 0.340 e. The van der Waals surface area contributed by atoms with Gasteiger partial charge in [-0.15, -0.1) is 0 Å². The molecule has 0 fully saturated rings. The number of hydrogen-bond donors (Lipinski definition) is 4. The van der Waals surface area contributed by atoms with Crippen molar-refractivity contribution >= 4 is 29.0 Å². The predicted molar refractivity (Wildman–Crippen MR) is 101 cm³/mol. The lowest BCUT2D eigenvalue weighted by atomic mass is 9.94. The molecule has 0 saturated carbocycles. The average molecular weight is 385 g/mol. The summed E-state index contributed by atoms with van der Waals surface area (Å²) in [5.41, 5.74) is 6.81. The third-order valence-corrected chi connectivity index (χ3v) is 3.74. The largest absolute Gasteiger partial charge is 0.507 e. The Hall–Kier alpha value is -3.49. The van der Waals surface area contributed by atoms with E-state index in [4.69, 9.17) is 20.7 Å². The van der Waals surface area contributed by atoms with Crippen LogP contribution in [0.5, 0.6) is 0 Å². The SMILES string of the molecule is Nc1ccccc1C(=O)OCC(O)CO.O=C1C=C(O)c2ccccc2C1=O. The number of Topliss-reactive ketones (excluding diaryl/α,β-unsaturated/α-hetero) is 1. The van der Waals surface area contributed by atoms with Crippen LogP contribution in [0.15, 0.2) is 54.6 Å². The first-order valence-corrected chi connectivity index (χ1v) is 8.24. The summed E-state index contributed by atoms with van der Waals surface area (Å²) < 4.78 is 4.73. The number of carbonyl (C=O) groups excluding carboxylic acids is 3. The topological polar surface area (TPSA) is 147 Å². The molecule has 1 aliphatic rings. The van der Waals surface area contributed by atoms with Crippen LogP contribution in [0.2, 0.25) is 0 Å². The lowest BCUT2D eigenvalue weighted by Crippen LogP contribution is -2.22. The average Bonchev–Trinajstić information content (AvgIpc) is 2.71. The van der Waals surface area contributed by atoms with Crippen molar-refractivity contribution in [2.75, 3.05) is 18.9 Å². The highest BCUT2D eigenvalue weighted by molar-refractivity contribution is 6.50. The van der Waals surface area contributed by atoms with Crippen molar-refractivity contribution in [2.24, 2.45) is 0 Å². The lowest BCUT2D eigenvalue weighted by molar-refractivity contribution is -0.111. The number of hydrogen-bond acceptors (Lipinski definition) is 8. The zero-order valence-corrected chi connectivity index (χ0v) is 14.7. The van der Waals surface area contributed by atoms with Gasteiger partial charge in [0.1, 0.15) is 18.5 Å². The van der Waals surface area contributed by atoms with Gasteiger partial charge in [0.05, 0.1) is 12.2 Å². The summed E-state index contributed by atoms with van der Waals surface area (Å²) in [6, 6.07) is 13.0. The smallest absolute Gasteiger partial charge is 0.340 e. The molecule has 0 amide bonds. The van der Waals surface area contributed by atoms with Gasteiger partial charge in [-0.1, -0.05) is 36.4 Å². The number of ketones is 2. The molecule has 8 nitrogen and oxygen atoms in total. The number of para-hydroxylation sites is 1. The van der Waals surface area contributed by atoms with Gasteiger partial charge in [-0.05, 0) is 12.1 Å². The molecule has 0 radical (unpaired) electrons. The first-order chi connectivity index (χ1) is 13.3. The van der Waals surface area contributed by atoms with E-state index in [2.05, 4.69) is 0 Å². The third-order valence-electron chi connectivity index (χ3n) is 3.74. The summed E-state index contributed by atoms with van der Waals surface area (Å²) in [4.78, 5) is 33.6. The van der Waals surface area contributed by atoms with E-state index >= 15 is 0 Å². The summed E-state index contributed by atoms with van der Waals surface area (Å²) >= 11 is 0. The molecule has 3 rings (SSSR count). The number of aliphatic hydroxyl groups excluding tert-OH is 3. The summed E-state index contributed by atoms with van der Waals surface area (Å²) in [6.45, 7) is -0.693. The van der Waals surface area contributed by atoms with Gasteiger partial charge in [0.15, 0.2) is 0 Å². The molecule has 5 N–H and O–H groups in total. The molecule has 146 valence electrons. The highest BCUT2D eigenvalue weighted by atomic mass is 16.5. The van der Waals surface area contributed by atoms with Crippen molar-refractivity contribution in [1.82, 2.24) is 0 Å². The van der Waals surface area contributed by atoms with Crippen LogP contribution in [0.3, 0.4) is 0 Å². The number of carbonyl (C=O) groups is 3. The molecule has 0 saturated heterocycles. The van der Waals surface area contributed by atoms with Crippen LogP contribution >= 0.6 is 0 Å². The number of nitrogens with two attached hydrogens (primary N) is 1. The number of ether oxygens (including phenoxy) is 1. The van der Waals surface area contributed by atoms with Crippen LogP contribution in [0, 0.1) is 0 Å². The first-order valence-electron chi connectivity index (χ1n) is 8.24. The standard InChI is InChI=1S/C10H13NO4.C10H6O3/c11-9-4-2-1-3-8(9)10(14)15-6-7(13)5-12;11-8-5-9(12)10(13)7-4-2-1-3-6(7)8/h1-4,7,12-13H,5-6,11H2;1-5,11H. The van der Waals surface area contributed by atoms with Crippen LogP contribution in [0.4, 0.5) is 5.69 Å². The molecular weight excluding hydrogens is 366 g/mol. The van der Waals surface area contributed by atoms with E-state index in [-0.39, 0.29) is 23.5 Å². The summed E-state index contributed by atoms with van der Waals surface area (Å²) in [6.07, 6.45) is -0.108. The second kappa shape index (κ2) is 9.45. The van der Waals surface area contributed by atoms with Crippen molar-refractivity contribution in [3.05, 3.63) is 71.3 Å². The number of allylic oxidation sites excluding steroid dienone is 1. The van der Waals surface area contributed by atoms with Crippen LogP contribution in [-0.2, 0) is 9.53 Å². The number of esters is 1. The van der Waals surface area contributed by atoms with E-state index < -0.39 is 30.2 Å². The van der Waals surface area contributed by atoms with Crippen LogP contribution in [0.25, 0.3) is 5.76 Å². The van der Waals surface area contributed by atoms with Gasteiger partial charge in [-0.3, -0.25) is 9.59 Å². The van der Waals surface area contributed by atoms with E-state index in [1.807, 2.05) is 0 Å². The molecule has 0 bridgehead atoms. The zero-order valence-electron chi connectivity index (χ0n) is 14.7. The van der Waals surface area contributed by atoms with Gasteiger partial charge >= 0.3 is 5.97 Å². The Morgan fingerprint density at radius 3 is 2.29 bits per heavy atom. The minimum Gasteiger partial charge on any atom is -0.507 e. The van der Waals surface area contributed by atoms with Gasteiger partial charge < -0.3 is 25.8 Å².